The Hall–Kier alpha value is -1.69. The van der Waals surface area contributed by atoms with E-state index >= 15 is 0 Å². The smallest absolute Gasteiger partial charge is 0.237 e. The zero-order valence-electron chi connectivity index (χ0n) is 12.0. The molecule has 2 rings (SSSR count). The molecule has 116 valence electrons. The Balaban J connectivity index is 1.82. The summed E-state index contributed by atoms with van der Waals surface area (Å²) >= 11 is 0. The second-order valence-electron chi connectivity index (χ2n) is 5.62. The van der Waals surface area contributed by atoms with E-state index in [9.17, 15) is 13.6 Å². The topological polar surface area (TPSA) is 64.3 Å². The Morgan fingerprint density at radius 3 is 2.81 bits per heavy atom. The number of halogens is 2. The van der Waals surface area contributed by atoms with Crippen LogP contribution in [0.5, 0.6) is 5.75 Å². The number of amides is 1. The van der Waals surface area contributed by atoms with E-state index in [2.05, 4.69) is 5.32 Å². The van der Waals surface area contributed by atoms with Gasteiger partial charge in [0.25, 0.3) is 0 Å². The molecule has 0 heterocycles. The second-order valence-corrected chi connectivity index (χ2v) is 5.62. The predicted molar refractivity (Wildman–Crippen MR) is 74.8 cm³/mol. The molecule has 21 heavy (non-hydrogen) atoms. The SMILES string of the molecule is CC(CCCOc1cccc(F)c1F)(NC1CC1)C(N)=O. The van der Waals surface area contributed by atoms with Gasteiger partial charge < -0.3 is 15.8 Å². The Morgan fingerprint density at radius 2 is 2.19 bits per heavy atom. The first-order chi connectivity index (χ1) is 9.92. The summed E-state index contributed by atoms with van der Waals surface area (Å²) < 4.78 is 31.6. The number of rotatable bonds is 8. The Bertz CT molecular complexity index is 520. The van der Waals surface area contributed by atoms with Crippen LogP contribution in [0.2, 0.25) is 0 Å². The van der Waals surface area contributed by atoms with Crippen molar-refractivity contribution in [3.8, 4) is 5.75 Å². The van der Waals surface area contributed by atoms with Gasteiger partial charge in [-0.05, 0) is 44.7 Å². The highest BCUT2D eigenvalue weighted by Gasteiger charge is 2.36. The van der Waals surface area contributed by atoms with Crippen LogP contribution >= 0.6 is 0 Å². The van der Waals surface area contributed by atoms with Gasteiger partial charge in [-0.15, -0.1) is 0 Å². The van der Waals surface area contributed by atoms with Crippen LogP contribution in [-0.2, 0) is 4.79 Å². The number of hydrogen-bond acceptors (Lipinski definition) is 3. The van der Waals surface area contributed by atoms with Crippen molar-refractivity contribution in [3.05, 3.63) is 29.8 Å². The molecule has 0 spiro atoms. The summed E-state index contributed by atoms with van der Waals surface area (Å²) in [5, 5.41) is 3.22. The van der Waals surface area contributed by atoms with Crippen LogP contribution in [0.15, 0.2) is 18.2 Å². The fourth-order valence-electron chi connectivity index (χ4n) is 2.15. The number of primary amides is 1. The molecule has 0 bridgehead atoms. The van der Waals surface area contributed by atoms with E-state index in [1.165, 1.54) is 12.1 Å². The first-order valence-corrected chi connectivity index (χ1v) is 7.07. The normalized spacial score (nSPS) is 17.3. The van der Waals surface area contributed by atoms with Crippen LogP contribution in [0, 0.1) is 11.6 Å². The summed E-state index contributed by atoms with van der Waals surface area (Å²) in [4.78, 5) is 11.6. The molecule has 1 fully saturated rings. The molecule has 1 atom stereocenters. The van der Waals surface area contributed by atoms with Gasteiger partial charge in [-0.3, -0.25) is 4.79 Å². The van der Waals surface area contributed by atoms with E-state index in [0.717, 1.165) is 18.9 Å². The third-order valence-corrected chi connectivity index (χ3v) is 3.64. The summed E-state index contributed by atoms with van der Waals surface area (Å²) in [5.41, 5.74) is 4.65. The standard InChI is InChI=1S/C15H20F2N2O2/c1-15(14(18)20,19-10-6-7-10)8-3-9-21-12-5-2-4-11(16)13(12)17/h2,4-5,10,19H,3,6-9H2,1H3,(H2,18,20). The van der Waals surface area contributed by atoms with E-state index in [0.29, 0.717) is 18.9 Å². The lowest BCUT2D eigenvalue weighted by molar-refractivity contribution is -0.124. The van der Waals surface area contributed by atoms with Gasteiger partial charge >= 0.3 is 0 Å². The van der Waals surface area contributed by atoms with Crippen molar-refractivity contribution in [2.75, 3.05) is 6.61 Å². The monoisotopic (exact) mass is 298 g/mol. The molecule has 0 aromatic heterocycles. The first kappa shape index (κ1) is 15.7. The molecule has 1 saturated carbocycles. The quantitative estimate of drug-likeness (QED) is 0.723. The number of ether oxygens (including phenoxy) is 1. The minimum Gasteiger partial charge on any atom is -0.490 e. The van der Waals surface area contributed by atoms with E-state index in [1.54, 1.807) is 6.92 Å². The lowest BCUT2D eigenvalue weighted by Gasteiger charge is -2.27. The number of nitrogens with one attached hydrogen (secondary N) is 1. The Kier molecular flexibility index (Phi) is 4.77. The molecular formula is C15H20F2N2O2. The lowest BCUT2D eigenvalue weighted by atomic mass is 9.95. The molecule has 4 nitrogen and oxygen atoms in total. The highest BCUT2D eigenvalue weighted by molar-refractivity contribution is 5.84. The largest absolute Gasteiger partial charge is 0.490 e. The Labute approximate surface area is 122 Å². The second kappa shape index (κ2) is 6.39. The summed E-state index contributed by atoms with van der Waals surface area (Å²) in [7, 11) is 0. The molecule has 0 saturated heterocycles. The average molecular weight is 298 g/mol. The lowest BCUT2D eigenvalue weighted by Crippen LogP contribution is -2.54. The minimum absolute atomic E-state index is 0.120. The van der Waals surface area contributed by atoms with Gasteiger partial charge in [-0.1, -0.05) is 6.07 Å². The van der Waals surface area contributed by atoms with E-state index in [-0.39, 0.29) is 12.4 Å². The molecule has 6 heteroatoms. The molecule has 0 radical (unpaired) electrons. The van der Waals surface area contributed by atoms with E-state index in [4.69, 9.17) is 10.5 Å². The van der Waals surface area contributed by atoms with Crippen LogP contribution in [0.3, 0.4) is 0 Å². The number of benzene rings is 1. The van der Waals surface area contributed by atoms with Crippen molar-refractivity contribution < 1.29 is 18.3 Å². The zero-order chi connectivity index (χ0) is 15.5. The number of nitrogens with two attached hydrogens (primary N) is 1. The summed E-state index contributed by atoms with van der Waals surface area (Å²) in [6.07, 6.45) is 3.09. The van der Waals surface area contributed by atoms with Gasteiger partial charge in [0.05, 0.1) is 12.1 Å². The molecule has 1 aromatic rings. The fourth-order valence-corrected chi connectivity index (χ4v) is 2.15. The van der Waals surface area contributed by atoms with Gasteiger partial charge in [0.2, 0.25) is 11.7 Å². The molecule has 0 aliphatic heterocycles. The molecule has 1 aliphatic rings. The zero-order valence-corrected chi connectivity index (χ0v) is 12.0. The Morgan fingerprint density at radius 1 is 1.48 bits per heavy atom. The van der Waals surface area contributed by atoms with Crippen LogP contribution in [0.4, 0.5) is 8.78 Å². The molecule has 1 amide bonds. The average Bonchev–Trinajstić information content (AvgIpc) is 3.23. The molecule has 3 N–H and O–H groups in total. The fraction of sp³-hybridized carbons (Fsp3) is 0.533. The summed E-state index contributed by atoms with van der Waals surface area (Å²) in [6.45, 7) is 1.95. The van der Waals surface area contributed by atoms with Crippen LogP contribution < -0.4 is 15.8 Å². The van der Waals surface area contributed by atoms with Crippen molar-refractivity contribution in [2.24, 2.45) is 5.73 Å². The maximum atomic E-state index is 13.4. The van der Waals surface area contributed by atoms with Crippen molar-refractivity contribution >= 4 is 5.91 Å². The third-order valence-electron chi connectivity index (χ3n) is 3.64. The van der Waals surface area contributed by atoms with Crippen molar-refractivity contribution in [1.29, 1.82) is 0 Å². The molecule has 1 unspecified atom stereocenters. The van der Waals surface area contributed by atoms with Gasteiger partial charge in [0, 0.05) is 6.04 Å². The van der Waals surface area contributed by atoms with Crippen LogP contribution in [0.1, 0.15) is 32.6 Å². The highest BCUT2D eigenvalue weighted by atomic mass is 19.2. The first-order valence-electron chi connectivity index (χ1n) is 7.07. The van der Waals surface area contributed by atoms with Crippen molar-refractivity contribution in [3.63, 3.8) is 0 Å². The van der Waals surface area contributed by atoms with E-state index < -0.39 is 23.1 Å². The van der Waals surface area contributed by atoms with Crippen LogP contribution in [0.25, 0.3) is 0 Å². The van der Waals surface area contributed by atoms with Gasteiger partial charge in [0.15, 0.2) is 11.6 Å². The predicted octanol–water partition coefficient (Wildman–Crippen LogP) is 2.12. The summed E-state index contributed by atoms with van der Waals surface area (Å²) in [5.74, 6) is -2.46. The van der Waals surface area contributed by atoms with Gasteiger partial charge in [-0.2, -0.15) is 4.39 Å². The maximum absolute atomic E-state index is 13.4. The van der Waals surface area contributed by atoms with Crippen molar-refractivity contribution in [2.45, 2.75) is 44.2 Å². The minimum atomic E-state index is -0.994. The summed E-state index contributed by atoms with van der Waals surface area (Å²) in [6, 6.07) is 4.14. The van der Waals surface area contributed by atoms with Gasteiger partial charge in [0.1, 0.15) is 0 Å². The maximum Gasteiger partial charge on any atom is 0.237 e. The number of hydrogen-bond donors (Lipinski definition) is 2. The van der Waals surface area contributed by atoms with Gasteiger partial charge in [-0.25, -0.2) is 4.39 Å². The molecule has 1 aromatic carbocycles. The number of carbonyl (C=O) groups is 1. The van der Waals surface area contributed by atoms with E-state index in [1.807, 2.05) is 0 Å². The molecular weight excluding hydrogens is 278 g/mol. The number of carbonyl (C=O) groups excluding carboxylic acids is 1. The highest BCUT2D eigenvalue weighted by Crippen LogP contribution is 2.25. The van der Waals surface area contributed by atoms with Crippen LogP contribution in [-0.4, -0.2) is 24.1 Å². The third kappa shape index (κ3) is 4.14. The molecule has 1 aliphatic carbocycles. The van der Waals surface area contributed by atoms with Crippen molar-refractivity contribution in [1.82, 2.24) is 5.32 Å².